The van der Waals surface area contributed by atoms with E-state index in [1.165, 1.54) is 5.56 Å². The van der Waals surface area contributed by atoms with Crippen LogP contribution in [0.5, 0.6) is 0 Å². The normalized spacial score (nSPS) is 10.6. The number of alkyl halides is 1. The number of hydrogen-bond acceptors (Lipinski definition) is 3. The van der Waals surface area contributed by atoms with Crippen molar-refractivity contribution in [3.05, 3.63) is 47.7 Å². The number of benzene rings is 1. The van der Waals surface area contributed by atoms with E-state index in [0.29, 0.717) is 24.1 Å². The minimum absolute atomic E-state index is 0.621. The Labute approximate surface area is 99.5 Å². The molecule has 1 aromatic carbocycles. The Hall–Kier alpha value is -1.35. The minimum Gasteiger partial charge on any atom is -0.425 e. The van der Waals surface area contributed by atoms with Crippen LogP contribution in [0, 0.1) is 0 Å². The first-order chi connectivity index (χ1) is 7.88. The Morgan fingerprint density at radius 3 is 2.56 bits per heavy atom. The smallest absolute Gasteiger partial charge is 0.220 e. The van der Waals surface area contributed by atoms with Crippen LogP contribution in [0.1, 0.15) is 23.8 Å². The van der Waals surface area contributed by atoms with Crippen molar-refractivity contribution < 1.29 is 4.42 Å². The standard InChI is InChI=1S/C12H13ClN2O/c13-8-4-7-11-14-15-12(16-11)9-10-5-2-1-3-6-10/h1-3,5-6H,4,7-9H2. The molecule has 0 bridgehead atoms. The summed E-state index contributed by atoms with van der Waals surface area (Å²) in [4.78, 5) is 0. The lowest BCUT2D eigenvalue weighted by molar-refractivity contribution is 0.455. The molecule has 2 rings (SSSR count). The number of halogens is 1. The van der Waals surface area contributed by atoms with Gasteiger partial charge in [0.25, 0.3) is 0 Å². The highest BCUT2D eigenvalue weighted by Gasteiger charge is 2.06. The van der Waals surface area contributed by atoms with Crippen LogP contribution >= 0.6 is 11.6 Å². The monoisotopic (exact) mass is 236 g/mol. The third kappa shape index (κ3) is 3.07. The van der Waals surface area contributed by atoms with Crippen molar-refractivity contribution in [3.63, 3.8) is 0 Å². The van der Waals surface area contributed by atoms with Crippen molar-refractivity contribution in [3.8, 4) is 0 Å². The number of hydrogen-bond donors (Lipinski definition) is 0. The molecule has 0 radical (unpaired) electrons. The van der Waals surface area contributed by atoms with Crippen molar-refractivity contribution in [1.29, 1.82) is 0 Å². The van der Waals surface area contributed by atoms with Gasteiger partial charge in [-0.2, -0.15) is 0 Å². The zero-order valence-corrected chi connectivity index (χ0v) is 9.65. The van der Waals surface area contributed by atoms with Crippen LogP contribution < -0.4 is 0 Å². The average Bonchev–Trinajstić information content (AvgIpc) is 2.75. The molecule has 0 amide bonds. The third-order valence-corrected chi connectivity index (χ3v) is 2.50. The van der Waals surface area contributed by atoms with E-state index in [9.17, 15) is 0 Å². The van der Waals surface area contributed by atoms with E-state index in [-0.39, 0.29) is 0 Å². The lowest BCUT2D eigenvalue weighted by atomic mass is 10.2. The summed E-state index contributed by atoms with van der Waals surface area (Å²) in [5, 5.41) is 7.98. The van der Waals surface area contributed by atoms with E-state index in [2.05, 4.69) is 10.2 Å². The highest BCUT2D eigenvalue weighted by Crippen LogP contribution is 2.09. The molecule has 16 heavy (non-hydrogen) atoms. The molecule has 0 fully saturated rings. The van der Waals surface area contributed by atoms with Gasteiger partial charge in [0.1, 0.15) is 0 Å². The van der Waals surface area contributed by atoms with Gasteiger partial charge in [-0.3, -0.25) is 0 Å². The van der Waals surface area contributed by atoms with Crippen molar-refractivity contribution in [1.82, 2.24) is 10.2 Å². The predicted octanol–water partition coefficient (Wildman–Crippen LogP) is 2.83. The van der Waals surface area contributed by atoms with Crippen molar-refractivity contribution in [2.45, 2.75) is 19.3 Å². The Morgan fingerprint density at radius 1 is 1.06 bits per heavy atom. The lowest BCUT2D eigenvalue weighted by Crippen LogP contribution is -1.87. The Balaban J connectivity index is 1.97. The van der Waals surface area contributed by atoms with Crippen LogP contribution in [-0.2, 0) is 12.8 Å². The summed E-state index contributed by atoms with van der Waals surface area (Å²) in [6.07, 6.45) is 2.31. The third-order valence-electron chi connectivity index (χ3n) is 2.23. The summed E-state index contributed by atoms with van der Waals surface area (Å²) in [5.74, 6) is 1.96. The molecule has 0 aliphatic heterocycles. The first-order valence-electron chi connectivity index (χ1n) is 5.29. The van der Waals surface area contributed by atoms with Gasteiger partial charge in [0.05, 0.1) is 6.42 Å². The summed E-state index contributed by atoms with van der Waals surface area (Å²) in [7, 11) is 0. The van der Waals surface area contributed by atoms with Gasteiger partial charge in [0.15, 0.2) is 0 Å². The van der Waals surface area contributed by atoms with Gasteiger partial charge in [0.2, 0.25) is 11.8 Å². The maximum absolute atomic E-state index is 5.60. The maximum Gasteiger partial charge on any atom is 0.220 e. The molecule has 1 aromatic heterocycles. The largest absolute Gasteiger partial charge is 0.425 e. The second-order valence-corrected chi connectivity index (χ2v) is 3.92. The number of rotatable bonds is 5. The summed E-state index contributed by atoms with van der Waals surface area (Å²) in [6.45, 7) is 0. The lowest BCUT2D eigenvalue weighted by Gasteiger charge is -1.94. The minimum atomic E-state index is 0.621. The second-order valence-electron chi connectivity index (χ2n) is 3.54. The average molecular weight is 237 g/mol. The molecule has 0 unspecified atom stereocenters. The van der Waals surface area contributed by atoms with Gasteiger partial charge in [-0.1, -0.05) is 30.3 Å². The highest BCUT2D eigenvalue weighted by molar-refractivity contribution is 6.17. The van der Waals surface area contributed by atoms with E-state index >= 15 is 0 Å². The molecule has 0 aliphatic carbocycles. The number of nitrogens with zero attached hydrogens (tertiary/aromatic N) is 2. The Kier molecular flexibility index (Phi) is 3.94. The second kappa shape index (κ2) is 5.66. The van der Waals surface area contributed by atoms with E-state index in [4.69, 9.17) is 16.0 Å². The topological polar surface area (TPSA) is 38.9 Å². The van der Waals surface area contributed by atoms with Gasteiger partial charge in [-0.05, 0) is 12.0 Å². The predicted molar refractivity (Wildman–Crippen MR) is 62.6 cm³/mol. The summed E-state index contributed by atoms with van der Waals surface area (Å²) in [6, 6.07) is 10.1. The molecule has 0 aliphatic rings. The van der Waals surface area contributed by atoms with E-state index in [1.54, 1.807) is 0 Å². The molecular formula is C12H13ClN2O. The molecule has 0 saturated heterocycles. The molecule has 1 heterocycles. The summed E-state index contributed by atoms with van der Waals surface area (Å²) >= 11 is 5.60. The molecular weight excluding hydrogens is 224 g/mol. The molecule has 84 valence electrons. The number of aromatic nitrogens is 2. The summed E-state index contributed by atoms with van der Waals surface area (Å²) in [5.41, 5.74) is 1.18. The molecule has 0 N–H and O–H groups in total. The van der Waals surface area contributed by atoms with Crippen LogP contribution in [0.15, 0.2) is 34.7 Å². The van der Waals surface area contributed by atoms with Gasteiger partial charge in [0, 0.05) is 12.3 Å². The van der Waals surface area contributed by atoms with Crippen LogP contribution in [-0.4, -0.2) is 16.1 Å². The van der Waals surface area contributed by atoms with Crippen molar-refractivity contribution in [2.75, 3.05) is 5.88 Å². The first-order valence-corrected chi connectivity index (χ1v) is 5.83. The molecule has 0 spiro atoms. The SMILES string of the molecule is ClCCCc1nnc(Cc2ccccc2)o1. The van der Waals surface area contributed by atoms with Gasteiger partial charge >= 0.3 is 0 Å². The van der Waals surface area contributed by atoms with Crippen LogP contribution in [0.3, 0.4) is 0 Å². The van der Waals surface area contributed by atoms with Crippen molar-refractivity contribution in [2.24, 2.45) is 0 Å². The Morgan fingerprint density at radius 2 is 1.81 bits per heavy atom. The Bertz CT molecular complexity index is 428. The van der Waals surface area contributed by atoms with Crippen LogP contribution in [0.4, 0.5) is 0 Å². The van der Waals surface area contributed by atoms with E-state index < -0.39 is 0 Å². The highest BCUT2D eigenvalue weighted by atomic mass is 35.5. The zero-order valence-electron chi connectivity index (χ0n) is 8.90. The van der Waals surface area contributed by atoms with Crippen molar-refractivity contribution >= 4 is 11.6 Å². The number of aryl methyl sites for hydroxylation is 1. The fourth-order valence-corrected chi connectivity index (χ4v) is 1.58. The van der Waals surface area contributed by atoms with E-state index in [1.807, 2.05) is 30.3 Å². The van der Waals surface area contributed by atoms with Gasteiger partial charge in [-0.15, -0.1) is 21.8 Å². The fourth-order valence-electron chi connectivity index (χ4n) is 1.45. The first kappa shape index (κ1) is 11.1. The quantitative estimate of drug-likeness (QED) is 0.750. The van der Waals surface area contributed by atoms with Crippen LogP contribution in [0.2, 0.25) is 0 Å². The molecule has 0 saturated carbocycles. The van der Waals surface area contributed by atoms with Gasteiger partial charge < -0.3 is 4.42 Å². The maximum atomic E-state index is 5.60. The van der Waals surface area contributed by atoms with Gasteiger partial charge in [-0.25, -0.2) is 0 Å². The molecule has 0 atom stereocenters. The van der Waals surface area contributed by atoms with Crippen LogP contribution in [0.25, 0.3) is 0 Å². The fraction of sp³-hybridized carbons (Fsp3) is 0.333. The summed E-state index contributed by atoms with van der Waals surface area (Å²) < 4.78 is 5.51. The van der Waals surface area contributed by atoms with E-state index in [0.717, 1.165) is 12.8 Å². The molecule has 2 aromatic rings. The molecule has 4 heteroatoms. The molecule has 3 nitrogen and oxygen atoms in total. The zero-order chi connectivity index (χ0) is 11.2.